The number of phenolic OH excluding ortho intramolecular Hbond substituents is 2. The van der Waals surface area contributed by atoms with Gasteiger partial charge in [-0.25, -0.2) is 0 Å². The summed E-state index contributed by atoms with van der Waals surface area (Å²) < 4.78 is 0. The van der Waals surface area contributed by atoms with Crippen LogP contribution in [0.15, 0.2) is 42.5 Å². The van der Waals surface area contributed by atoms with E-state index in [4.69, 9.17) is 0 Å². The Hall–Kier alpha value is -3.35. The molecule has 3 rings (SSSR count). The molecule has 7 nitrogen and oxygen atoms in total. The van der Waals surface area contributed by atoms with Gasteiger partial charge in [-0.1, -0.05) is 29.8 Å². The van der Waals surface area contributed by atoms with E-state index in [1.165, 1.54) is 12.1 Å². The van der Waals surface area contributed by atoms with Crippen LogP contribution in [0.2, 0.25) is 0 Å². The standard InChI is InChI=1S/C23H26N2O5/c1-16-3-5-17(6-4-16)21(28)7-8-22(29)24-9-2-10-25(12-11-24)23(30)18-13-19(26)15-20(27)14-18/h3-6,13-15,26-27H,2,7-12H2,1H3. The maximum atomic E-state index is 12.7. The highest BCUT2D eigenvalue weighted by atomic mass is 16.3. The second-order valence-corrected chi connectivity index (χ2v) is 7.55. The second kappa shape index (κ2) is 9.43. The van der Waals surface area contributed by atoms with Crippen LogP contribution < -0.4 is 0 Å². The van der Waals surface area contributed by atoms with Crippen molar-refractivity contribution in [3.8, 4) is 11.5 Å². The molecule has 1 fully saturated rings. The van der Waals surface area contributed by atoms with E-state index in [0.717, 1.165) is 11.6 Å². The van der Waals surface area contributed by atoms with Crippen molar-refractivity contribution in [3.05, 3.63) is 59.2 Å². The number of Topliss-reactive ketones (excluding diaryl/α,β-unsaturated/α-hetero) is 1. The zero-order chi connectivity index (χ0) is 21.7. The molecule has 1 saturated heterocycles. The molecule has 7 heteroatoms. The molecule has 0 unspecified atom stereocenters. The minimum atomic E-state index is -0.301. The number of hydrogen-bond donors (Lipinski definition) is 2. The third-order valence-electron chi connectivity index (χ3n) is 5.22. The molecular formula is C23H26N2O5. The van der Waals surface area contributed by atoms with Crippen molar-refractivity contribution in [1.29, 1.82) is 0 Å². The Kier molecular flexibility index (Phi) is 6.72. The summed E-state index contributed by atoms with van der Waals surface area (Å²) in [5.74, 6) is -0.810. The third kappa shape index (κ3) is 5.37. The van der Waals surface area contributed by atoms with Gasteiger partial charge in [0.1, 0.15) is 11.5 Å². The molecule has 2 N–H and O–H groups in total. The first-order valence-corrected chi connectivity index (χ1v) is 10.0. The summed E-state index contributed by atoms with van der Waals surface area (Å²) >= 11 is 0. The maximum absolute atomic E-state index is 12.7. The molecule has 2 aromatic carbocycles. The number of aromatic hydroxyl groups is 2. The summed E-state index contributed by atoms with van der Waals surface area (Å²) in [6, 6.07) is 11.1. The minimum absolute atomic E-state index is 0.0568. The van der Waals surface area contributed by atoms with Crippen molar-refractivity contribution in [2.75, 3.05) is 26.2 Å². The Labute approximate surface area is 175 Å². The van der Waals surface area contributed by atoms with Gasteiger partial charge in [0.15, 0.2) is 5.78 Å². The third-order valence-corrected chi connectivity index (χ3v) is 5.22. The molecule has 0 bridgehead atoms. The van der Waals surface area contributed by atoms with E-state index in [9.17, 15) is 24.6 Å². The molecule has 1 aliphatic heterocycles. The van der Waals surface area contributed by atoms with Crippen LogP contribution in [0.25, 0.3) is 0 Å². The largest absolute Gasteiger partial charge is 0.508 e. The molecule has 1 heterocycles. The number of carbonyl (C=O) groups is 3. The maximum Gasteiger partial charge on any atom is 0.254 e. The first-order valence-electron chi connectivity index (χ1n) is 10.0. The molecule has 0 aromatic heterocycles. The van der Waals surface area contributed by atoms with Gasteiger partial charge < -0.3 is 20.0 Å². The smallest absolute Gasteiger partial charge is 0.254 e. The van der Waals surface area contributed by atoms with Crippen LogP contribution in [-0.2, 0) is 4.79 Å². The summed E-state index contributed by atoms with van der Waals surface area (Å²) in [5, 5.41) is 19.2. The van der Waals surface area contributed by atoms with Crippen LogP contribution in [0.3, 0.4) is 0 Å². The van der Waals surface area contributed by atoms with Gasteiger partial charge in [0.2, 0.25) is 5.91 Å². The van der Waals surface area contributed by atoms with Crippen molar-refractivity contribution in [2.24, 2.45) is 0 Å². The molecule has 0 radical (unpaired) electrons. The van der Waals surface area contributed by atoms with Crippen LogP contribution in [0.5, 0.6) is 11.5 Å². The fraction of sp³-hybridized carbons (Fsp3) is 0.348. The first kappa shape index (κ1) is 21.4. The molecule has 1 aliphatic rings. The monoisotopic (exact) mass is 410 g/mol. The predicted molar refractivity (Wildman–Crippen MR) is 112 cm³/mol. The lowest BCUT2D eigenvalue weighted by atomic mass is 10.0. The minimum Gasteiger partial charge on any atom is -0.508 e. The van der Waals surface area contributed by atoms with E-state index in [1.54, 1.807) is 21.9 Å². The summed E-state index contributed by atoms with van der Waals surface area (Å²) in [4.78, 5) is 40.9. The molecule has 0 aliphatic carbocycles. The van der Waals surface area contributed by atoms with Crippen molar-refractivity contribution < 1.29 is 24.6 Å². The number of phenols is 2. The van der Waals surface area contributed by atoms with Crippen LogP contribution in [-0.4, -0.2) is 63.8 Å². The predicted octanol–water partition coefficient (Wildman–Crippen LogP) is 2.74. The average Bonchev–Trinajstić information content (AvgIpc) is 2.97. The van der Waals surface area contributed by atoms with Crippen molar-refractivity contribution in [2.45, 2.75) is 26.2 Å². The van der Waals surface area contributed by atoms with Gasteiger partial charge in [-0.2, -0.15) is 0 Å². The summed E-state index contributed by atoms with van der Waals surface area (Å²) in [6.07, 6.45) is 0.916. The zero-order valence-electron chi connectivity index (χ0n) is 17.0. The highest BCUT2D eigenvalue weighted by Gasteiger charge is 2.23. The SMILES string of the molecule is Cc1ccc(C(=O)CCC(=O)N2CCCN(C(=O)c3cc(O)cc(O)c3)CC2)cc1. The molecule has 2 amide bonds. The first-order chi connectivity index (χ1) is 14.3. The fourth-order valence-electron chi connectivity index (χ4n) is 3.53. The van der Waals surface area contributed by atoms with Crippen molar-refractivity contribution in [3.63, 3.8) is 0 Å². The van der Waals surface area contributed by atoms with E-state index >= 15 is 0 Å². The molecule has 158 valence electrons. The normalized spacial score (nSPS) is 14.3. The summed E-state index contributed by atoms with van der Waals surface area (Å²) in [5.41, 5.74) is 1.89. The average molecular weight is 410 g/mol. The van der Waals surface area contributed by atoms with Crippen molar-refractivity contribution in [1.82, 2.24) is 9.80 Å². The number of nitrogens with zero attached hydrogens (tertiary/aromatic N) is 2. The van der Waals surface area contributed by atoms with Gasteiger partial charge in [0.05, 0.1) is 0 Å². The Balaban J connectivity index is 1.54. The Bertz CT molecular complexity index is 919. The second-order valence-electron chi connectivity index (χ2n) is 7.55. The Morgan fingerprint density at radius 1 is 0.800 bits per heavy atom. The highest BCUT2D eigenvalue weighted by molar-refractivity contribution is 5.98. The van der Waals surface area contributed by atoms with E-state index in [-0.39, 0.29) is 47.5 Å². The summed E-state index contributed by atoms with van der Waals surface area (Å²) in [6.45, 7) is 3.68. The Morgan fingerprint density at radius 3 is 2.07 bits per heavy atom. The molecule has 30 heavy (non-hydrogen) atoms. The molecular weight excluding hydrogens is 384 g/mol. The number of amides is 2. The molecule has 2 aromatic rings. The van der Waals surface area contributed by atoms with Crippen LogP contribution in [0.1, 0.15) is 45.5 Å². The number of carbonyl (C=O) groups excluding carboxylic acids is 3. The van der Waals surface area contributed by atoms with E-state index in [2.05, 4.69) is 0 Å². The number of aryl methyl sites for hydroxylation is 1. The molecule has 0 saturated carbocycles. The molecule has 0 atom stereocenters. The van der Waals surface area contributed by atoms with Gasteiger partial charge in [-0.3, -0.25) is 14.4 Å². The van der Waals surface area contributed by atoms with E-state index < -0.39 is 0 Å². The van der Waals surface area contributed by atoms with Gasteiger partial charge in [-0.05, 0) is 25.5 Å². The fourth-order valence-corrected chi connectivity index (χ4v) is 3.53. The van der Waals surface area contributed by atoms with Gasteiger partial charge in [-0.15, -0.1) is 0 Å². The number of rotatable bonds is 5. The van der Waals surface area contributed by atoms with Crippen LogP contribution >= 0.6 is 0 Å². The highest BCUT2D eigenvalue weighted by Crippen LogP contribution is 2.22. The van der Waals surface area contributed by atoms with E-state index in [1.807, 2.05) is 19.1 Å². The number of hydrogen-bond acceptors (Lipinski definition) is 5. The van der Waals surface area contributed by atoms with Gasteiger partial charge in [0, 0.05) is 56.2 Å². The lowest BCUT2D eigenvalue weighted by Crippen LogP contribution is -2.37. The zero-order valence-corrected chi connectivity index (χ0v) is 17.0. The Morgan fingerprint density at radius 2 is 1.40 bits per heavy atom. The van der Waals surface area contributed by atoms with Crippen LogP contribution in [0.4, 0.5) is 0 Å². The lowest BCUT2D eigenvalue weighted by molar-refractivity contribution is -0.131. The number of ketones is 1. The van der Waals surface area contributed by atoms with Crippen LogP contribution in [0, 0.1) is 6.92 Å². The topological polar surface area (TPSA) is 98.2 Å². The van der Waals surface area contributed by atoms with E-state index in [0.29, 0.717) is 38.2 Å². The van der Waals surface area contributed by atoms with Gasteiger partial charge >= 0.3 is 0 Å². The van der Waals surface area contributed by atoms with Crippen molar-refractivity contribution >= 4 is 17.6 Å². The lowest BCUT2D eigenvalue weighted by Gasteiger charge is -2.22. The van der Waals surface area contributed by atoms with Gasteiger partial charge in [0.25, 0.3) is 5.91 Å². The number of benzene rings is 2. The molecule has 0 spiro atoms. The quantitative estimate of drug-likeness (QED) is 0.739. The summed E-state index contributed by atoms with van der Waals surface area (Å²) in [7, 11) is 0.